The Bertz CT molecular complexity index is 1570. The minimum atomic E-state index is -0.800. The molecule has 0 fully saturated rings. The van der Waals surface area contributed by atoms with E-state index in [0.29, 0.717) is 17.0 Å². The zero-order valence-electron chi connectivity index (χ0n) is 17.8. The summed E-state index contributed by atoms with van der Waals surface area (Å²) in [4.78, 5) is 44.2. The molecule has 0 N–H and O–H groups in total. The van der Waals surface area contributed by atoms with Crippen LogP contribution in [0.5, 0.6) is 0 Å². The number of rotatable bonds is 2. The molecule has 3 aromatic rings. The van der Waals surface area contributed by atoms with Gasteiger partial charge in [0.05, 0.1) is 32.7 Å². The van der Waals surface area contributed by atoms with Gasteiger partial charge in [0.1, 0.15) is 28.7 Å². The monoisotopic (exact) mass is 496 g/mol. The van der Waals surface area contributed by atoms with Gasteiger partial charge in [-0.2, -0.15) is 0 Å². The second-order valence-corrected chi connectivity index (χ2v) is 8.44. The molecule has 160 valence electrons. The summed E-state index contributed by atoms with van der Waals surface area (Å²) in [5.74, 6) is 5.63. The largest absolute Gasteiger partial charge is 0.247 e. The van der Waals surface area contributed by atoms with Gasteiger partial charge in [0.15, 0.2) is 0 Å². The van der Waals surface area contributed by atoms with Crippen LogP contribution in [-0.2, 0) is 14.4 Å². The van der Waals surface area contributed by atoms with Crippen molar-refractivity contribution in [1.29, 1.82) is 0 Å². The molecule has 0 bridgehead atoms. The van der Waals surface area contributed by atoms with E-state index in [4.69, 9.17) is 9.98 Å². The first-order chi connectivity index (χ1) is 16.0. The first-order valence-electron chi connectivity index (χ1n) is 10.1. The molecule has 0 spiro atoms. The number of alkyl halides is 1. The molecular weight excluding hydrogens is 480 g/mol. The van der Waals surface area contributed by atoms with Crippen molar-refractivity contribution in [3.63, 3.8) is 0 Å². The fourth-order valence-electron chi connectivity index (χ4n) is 3.78. The molecule has 1 atom stereocenters. The number of aliphatic imine (C=N–C) groups is 1. The molecule has 6 heteroatoms. The molecule has 5 nitrogen and oxygen atoms in total. The van der Waals surface area contributed by atoms with Gasteiger partial charge in [0, 0.05) is 11.1 Å². The predicted octanol–water partition coefficient (Wildman–Crippen LogP) is 2.76. The molecule has 4 rings (SSSR count). The highest BCUT2D eigenvalue weighted by Gasteiger charge is 2.32. The first kappa shape index (κ1) is 22.3. The molecule has 2 aromatic carbocycles. The summed E-state index contributed by atoms with van der Waals surface area (Å²) in [7, 11) is 0. The Morgan fingerprint density at radius 1 is 0.788 bits per heavy atom. The fraction of sp³-hybridized carbons (Fsp3) is 0.111. The van der Waals surface area contributed by atoms with Gasteiger partial charge in [0.25, 0.3) is 0 Å². The van der Waals surface area contributed by atoms with E-state index >= 15 is 0 Å². The maximum Gasteiger partial charge on any atom is 0.135 e. The second-order valence-electron chi connectivity index (χ2n) is 7.53. The summed E-state index contributed by atoms with van der Waals surface area (Å²) in [5, 5.41) is 0.472. The molecule has 1 aliphatic heterocycles. The fourth-order valence-corrected chi connectivity index (χ4v) is 4.43. The van der Waals surface area contributed by atoms with Gasteiger partial charge in [-0.15, -0.1) is 0 Å². The Balaban J connectivity index is 2.14. The highest BCUT2D eigenvalue weighted by Crippen LogP contribution is 2.33. The van der Waals surface area contributed by atoms with Crippen molar-refractivity contribution >= 4 is 45.2 Å². The summed E-state index contributed by atoms with van der Waals surface area (Å²) >= 11 is 3.46. The molecular formula is C27H17BrN2O3. The van der Waals surface area contributed by atoms with Crippen molar-refractivity contribution in [2.24, 2.45) is 4.99 Å². The number of nitrogens with zero attached hydrogens (tertiary/aromatic N) is 2. The van der Waals surface area contributed by atoms with E-state index in [1.807, 2.05) is 80.2 Å². The van der Waals surface area contributed by atoms with Gasteiger partial charge >= 0.3 is 0 Å². The van der Waals surface area contributed by atoms with E-state index in [0.717, 1.165) is 16.7 Å². The lowest BCUT2D eigenvalue weighted by molar-refractivity contribution is 0.564. The third-order valence-corrected chi connectivity index (χ3v) is 6.40. The SMILES string of the molecule is Cc1ccccc1C1=NC(=c2nc(-c3ccccc3C)ccc2=C=O)C(Br)C(=C=O)C1=C=O. The van der Waals surface area contributed by atoms with Crippen LogP contribution in [0.25, 0.3) is 17.0 Å². The molecule has 0 radical (unpaired) electrons. The van der Waals surface area contributed by atoms with Gasteiger partial charge in [-0.1, -0.05) is 64.5 Å². The van der Waals surface area contributed by atoms with Crippen molar-refractivity contribution in [2.75, 3.05) is 0 Å². The van der Waals surface area contributed by atoms with Crippen molar-refractivity contribution in [1.82, 2.24) is 4.98 Å². The minimum absolute atomic E-state index is 0.0246. The number of hydrogen-bond donors (Lipinski definition) is 0. The Kier molecular flexibility index (Phi) is 6.28. The zero-order valence-corrected chi connectivity index (χ0v) is 19.4. The van der Waals surface area contributed by atoms with Gasteiger partial charge in [-0.05, 0) is 37.1 Å². The molecule has 0 saturated carbocycles. The number of aromatic nitrogens is 1. The lowest BCUT2D eigenvalue weighted by Gasteiger charge is -2.22. The summed E-state index contributed by atoms with van der Waals surface area (Å²) in [6.07, 6.45) is 0. The van der Waals surface area contributed by atoms with Crippen molar-refractivity contribution in [3.8, 4) is 11.3 Å². The Morgan fingerprint density at radius 2 is 1.42 bits per heavy atom. The van der Waals surface area contributed by atoms with Crippen LogP contribution in [0.2, 0.25) is 0 Å². The molecule has 1 aromatic heterocycles. The van der Waals surface area contributed by atoms with Crippen LogP contribution in [0.15, 0.2) is 76.8 Å². The summed E-state index contributed by atoms with van der Waals surface area (Å²) < 4.78 is 0. The number of hydrogen-bond acceptors (Lipinski definition) is 5. The lowest BCUT2D eigenvalue weighted by atomic mass is 9.89. The second kappa shape index (κ2) is 9.30. The van der Waals surface area contributed by atoms with Crippen LogP contribution >= 0.6 is 15.9 Å². The number of carbonyl (C=O) groups excluding carboxylic acids is 3. The van der Waals surface area contributed by atoms with Crippen LogP contribution in [-0.4, -0.2) is 33.3 Å². The number of allylic oxidation sites excluding steroid dienone is 1. The average molecular weight is 497 g/mol. The van der Waals surface area contributed by atoms with E-state index in [2.05, 4.69) is 15.9 Å². The average Bonchev–Trinajstić information content (AvgIpc) is 2.84. The normalized spacial score (nSPS) is 17.1. The minimum Gasteiger partial charge on any atom is -0.247 e. The lowest BCUT2D eigenvalue weighted by Crippen LogP contribution is -2.36. The summed E-state index contributed by atoms with van der Waals surface area (Å²) in [5.41, 5.74) is 4.79. The van der Waals surface area contributed by atoms with E-state index in [9.17, 15) is 14.4 Å². The van der Waals surface area contributed by atoms with E-state index in [1.54, 1.807) is 12.1 Å². The van der Waals surface area contributed by atoms with Crippen LogP contribution in [0.3, 0.4) is 0 Å². The van der Waals surface area contributed by atoms with Gasteiger partial charge in [0.2, 0.25) is 0 Å². The third kappa shape index (κ3) is 4.01. The highest BCUT2D eigenvalue weighted by atomic mass is 79.9. The molecule has 1 unspecified atom stereocenters. The Hall–Kier alpha value is -3.91. The molecule has 0 saturated heterocycles. The predicted molar refractivity (Wildman–Crippen MR) is 131 cm³/mol. The van der Waals surface area contributed by atoms with E-state index < -0.39 is 4.83 Å². The van der Waals surface area contributed by atoms with Gasteiger partial charge < -0.3 is 0 Å². The molecule has 2 heterocycles. The maximum atomic E-state index is 11.9. The van der Waals surface area contributed by atoms with Crippen molar-refractivity contribution in [3.05, 3.63) is 99.1 Å². The van der Waals surface area contributed by atoms with Gasteiger partial charge in [-0.25, -0.2) is 24.4 Å². The number of benzene rings is 2. The van der Waals surface area contributed by atoms with Gasteiger partial charge in [-0.3, -0.25) is 0 Å². The molecule has 1 aliphatic rings. The number of halogens is 1. The smallest absolute Gasteiger partial charge is 0.135 e. The van der Waals surface area contributed by atoms with Crippen LogP contribution < -0.4 is 10.6 Å². The quantitative estimate of drug-likeness (QED) is 0.403. The van der Waals surface area contributed by atoms with Crippen molar-refractivity contribution < 1.29 is 14.4 Å². The third-order valence-electron chi connectivity index (χ3n) is 5.51. The highest BCUT2D eigenvalue weighted by molar-refractivity contribution is 9.10. The number of pyridine rings is 1. The maximum absolute atomic E-state index is 11.9. The number of aryl methyl sites for hydroxylation is 2. The standard InChI is InChI=1S/C27H17BrN2O3/c1-16-7-3-5-9-19(16)23-12-11-18(13-31)25(29-23)27-24(28)21(14-32)22(15-33)26(30-27)20-10-6-4-8-17(20)2/h3-12,24H,1-2H3. The van der Waals surface area contributed by atoms with Crippen LogP contribution in [0.1, 0.15) is 16.7 Å². The van der Waals surface area contributed by atoms with Crippen LogP contribution in [0.4, 0.5) is 0 Å². The Labute approximate surface area is 198 Å². The zero-order chi connectivity index (χ0) is 23.5. The van der Waals surface area contributed by atoms with Crippen molar-refractivity contribution in [2.45, 2.75) is 18.7 Å². The summed E-state index contributed by atoms with van der Waals surface area (Å²) in [6.45, 7) is 3.85. The first-order valence-corrected chi connectivity index (χ1v) is 11.0. The molecule has 0 aliphatic carbocycles. The molecule has 0 amide bonds. The Morgan fingerprint density at radius 3 is 2.00 bits per heavy atom. The summed E-state index contributed by atoms with van der Waals surface area (Å²) in [6, 6.07) is 18.5. The topological polar surface area (TPSA) is 76.5 Å². The van der Waals surface area contributed by atoms with E-state index in [1.165, 1.54) is 0 Å². The van der Waals surface area contributed by atoms with Crippen LogP contribution in [0, 0.1) is 13.8 Å². The molecule has 33 heavy (non-hydrogen) atoms. The van der Waals surface area contributed by atoms with E-state index in [-0.39, 0.29) is 27.4 Å².